The second-order valence-electron chi connectivity index (χ2n) is 6.67. The Hall–Kier alpha value is -3.79. The summed E-state index contributed by atoms with van der Waals surface area (Å²) in [6.07, 6.45) is 1.79. The molecular weight excluding hydrogens is 384 g/mol. The number of amides is 1. The number of carbonyl (C=O) groups is 2. The molecule has 0 aliphatic rings. The van der Waals surface area contributed by atoms with Crippen LogP contribution in [0.25, 0.3) is 6.08 Å². The van der Waals surface area contributed by atoms with E-state index in [1.807, 2.05) is 19.9 Å². The third kappa shape index (κ3) is 6.67. The van der Waals surface area contributed by atoms with Crippen molar-refractivity contribution in [3.05, 3.63) is 59.7 Å². The monoisotopic (exact) mass is 408 g/mol. The van der Waals surface area contributed by atoms with Gasteiger partial charge in [0.15, 0.2) is 17.6 Å². The van der Waals surface area contributed by atoms with E-state index < -0.39 is 18.0 Å². The molecule has 1 amide bonds. The number of benzene rings is 2. The summed E-state index contributed by atoms with van der Waals surface area (Å²) in [7, 11) is 1.54. The second kappa shape index (κ2) is 10.7. The van der Waals surface area contributed by atoms with Crippen LogP contribution in [-0.4, -0.2) is 31.2 Å². The van der Waals surface area contributed by atoms with E-state index in [9.17, 15) is 9.59 Å². The predicted molar refractivity (Wildman–Crippen MR) is 113 cm³/mol. The third-order valence-electron chi connectivity index (χ3n) is 3.88. The molecule has 0 bridgehead atoms. The van der Waals surface area contributed by atoms with E-state index in [0.29, 0.717) is 28.3 Å². The van der Waals surface area contributed by atoms with Crippen LogP contribution in [0.15, 0.2) is 48.5 Å². The van der Waals surface area contributed by atoms with Crippen molar-refractivity contribution >= 4 is 23.6 Å². The molecule has 30 heavy (non-hydrogen) atoms. The number of hydrogen-bond acceptors (Lipinski definition) is 6. The lowest BCUT2D eigenvalue weighted by Gasteiger charge is -2.14. The Morgan fingerprint density at radius 2 is 1.87 bits per heavy atom. The molecular formula is C23H24N2O5. The van der Waals surface area contributed by atoms with Crippen LogP contribution in [0.4, 0.5) is 5.69 Å². The smallest absolute Gasteiger partial charge is 0.331 e. The summed E-state index contributed by atoms with van der Waals surface area (Å²) in [4.78, 5) is 24.3. The summed E-state index contributed by atoms with van der Waals surface area (Å²) >= 11 is 0. The lowest BCUT2D eigenvalue weighted by Crippen LogP contribution is -2.29. The van der Waals surface area contributed by atoms with E-state index >= 15 is 0 Å². The van der Waals surface area contributed by atoms with Gasteiger partial charge in [-0.25, -0.2) is 4.79 Å². The molecule has 0 spiro atoms. The summed E-state index contributed by atoms with van der Waals surface area (Å²) in [5.41, 5.74) is 1.58. The number of nitrogens with one attached hydrogen (secondary N) is 1. The van der Waals surface area contributed by atoms with Crippen LogP contribution >= 0.6 is 0 Å². The Morgan fingerprint density at radius 3 is 2.53 bits per heavy atom. The van der Waals surface area contributed by atoms with Gasteiger partial charge >= 0.3 is 5.97 Å². The molecule has 2 rings (SSSR count). The molecule has 0 saturated heterocycles. The summed E-state index contributed by atoms with van der Waals surface area (Å²) in [6.45, 7) is 5.30. The van der Waals surface area contributed by atoms with Crippen LogP contribution in [0.3, 0.4) is 0 Å². The molecule has 0 unspecified atom stereocenters. The average Bonchev–Trinajstić information content (AvgIpc) is 2.72. The molecule has 156 valence electrons. The maximum atomic E-state index is 12.2. The molecule has 7 nitrogen and oxygen atoms in total. The first-order chi connectivity index (χ1) is 14.3. The van der Waals surface area contributed by atoms with E-state index in [-0.39, 0.29) is 6.10 Å². The Morgan fingerprint density at radius 1 is 1.10 bits per heavy atom. The standard InChI is InChI=1S/C23H24N2O5/c1-15(2)29-20-10-8-17(13-21(20)28-4)9-11-22(26)30-16(3)23(27)25-19-7-5-6-18(12-19)14-24/h5-13,15-16H,1-4H3,(H,25,27)/b11-9+/t16-/m1/s1. The highest BCUT2D eigenvalue weighted by Gasteiger charge is 2.17. The van der Waals surface area contributed by atoms with Crippen molar-refractivity contribution < 1.29 is 23.8 Å². The highest BCUT2D eigenvalue weighted by Crippen LogP contribution is 2.29. The quantitative estimate of drug-likeness (QED) is 0.525. The molecule has 7 heteroatoms. The number of nitrogens with zero attached hydrogens (tertiary/aromatic N) is 1. The van der Waals surface area contributed by atoms with Crippen LogP contribution in [0.2, 0.25) is 0 Å². The molecule has 1 N–H and O–H groups in total. The van der Waals surface area contributed by atoms with E-state index in [0.717, 1.165) is 0 Å². The molecule has 0 aliphatic heterocycles. The number of rotatable bonds is 8. The Balaban J connectivity index is 1.96. The number of ether oxygens (including phenoxy) is 3. The van der Waals surface area contributed by atoms with Crippen molar-refractivity contribution in [2.24, 2.45) is 0 Å². The highest BCUT2D eigenvalue weighted by molar-refractivity contribution is 5.96. The molecule has 0 fully saturated rings. The third-order valence-corrected chi connectivity index (χ3v) is 3.88. The van der Waals surface area contributed by atoms with Gasteiger partial charge in [-0.15, -0.1) is 0 Å². The van der Waals surface area contributed by atoms with Crippen molar-refractivity contribution in [1.82, 2.24) is 0 Å². The molecule has 2 aromatic carbocycles. The zero-order valence-electron chi connectivity index (χ0n) is 17.3. The van der Waals surface area contributed by atoms with Crippen LogP contribution in [0, 0.1) is 11.3 Å². The zero-order valence-corrected chi connectivity index (χ0v) is 17.3. The van der Waals surface area contributed by atoms with Crippen LogP contribution in [-0.2, 0) is 14.3 Å². The lowest BCUT2D eigenvalue weighted by atomic mass is 10.2. The van der Waals surface area contributed by atoms with Crippen molar-refractivity contribution in [2.45, 2.75) is 33.0 Å². The SMILES string of the molecule is COc1cc(/C=C/C(=O)O[C@H](C)C(=O)Nc2cccc(C#N)c2)ccc1OC(C)C. The van der Waals surface area contributed by atoms with Crippen molar-refractivity contribution in [2.75, 3.05) is 12.4 Å². The van der Waals surface area contributed by atoms with Gasteiger partial charge in [0.1, 0.15) is 0 Å². The lowest BCUT2D eigenvalue weighted by molar-refractivity contribution is -0.148. The fraction of sp³-hybridized carbons (Fsp3) is 0.261. The Kier molecular flexibility index (Phi) is 8.00. The normalized spacial score (nSPS) is 11.6. The van der Waals surface area contributed by atoms with Crippen molar-refractivity contribution in [3.63, 3.8) is 0 Å². The summed E-state index contributed by atoms with van der Waals surface area (Å²) < 4.78 is 16.1. The van der Waals surface area contributed by atoms with E-state index in [2.05, 4.69) is 5.32 Å². The fourth-order valence-corrected chi connectivity index (χ4v) is 2.48. The second-order valence-corrected chi connectivity index (χ2v) is 6.67. The number of esters is 1. The Bertz CT molecular complexity index is 976. The zero-order chi connectivity index (χ0) is 22.1. The Labute approximate surface area is 175 Å². The predicted octanol–water partition coefficient (Wildman–Crippen LogP) is 3.94. The number of anilines is 1. The van der Waals surface area contributed by atoms with Gasteiger partial charge < -0.3 is 19.5 Å². The van der Waals surface area contributed by atoms with Gasteiger partial charge in [-0.1, -0.05) is 12.1 Å². The molecule has 2 aromatic rings. The van der Waals surface area contributed by atoms with Gasteiger partial charge in [0, 0.05) is 11.8 Å². The van der Waals surface area contributed by atoms with Gasteiger partial charge in [0.2, 0.25) is 0 Å². The maximum Gasteiger partial charge on any atom is 0.331 e. The van der Waals surface area contributed by atoms with Gasteiger partial charge in [-0.2, -0.15) is 5.26 Å². The summed E-state index contributed by atoms with van der Waals surface area (Å²) in [6, 6.07) is 13.7. The minimum absolute atomic E-state index is 0.00489. The first kappa shape index (κ1) is 22.5. The van der Waals surface area contributed by atoms with Gasteiger partial charge in [-0.3, -0.25) is 4.79 Å². The van der Waals surface area contributed by atoms with E-state index in [1.54, 1.807) is 42.5 Å². The number of hydrogen-bond donors (Lipinski definition) is 1. The number of nitriles is 1. The molecule has 0 aromatic heterocycles. The van der Waals surface area contributed by atoms with Gasteiger partial charge in [0.05, 0.1) is 24.8 Å². The first-order valence-corrected chi connectivity index (χ1v) is 9.36. The molecule has 0 heterocycles. The number of methoxy groups -OCH3 is 1. The van der Waals surface area contributed by atoms with E-state index in [1.165, 1.54) is 26.2 Å². The van der Waals surface area contributed by atoms with Crippen molar-refractivity contribution in [3.8, 4) is 17.6 Å². The van der Waals surface area contributed by atoms with Crippen LogP contribution < -0.4 is 14.8 Å². The van der Waals surface area contributed by atoms with Gasteiger partial charge in [0.25, 0.3) is 5.91 Å². The minimum atomic E-state index is -1.01. The van der Waals surface area contributed by atoms with Crippen LogP contribution in [0.5, 0.6) is 11.5 Å². The topological polar surface area (TPSA) is 97.6 Å². The minimum Gasteiger partial charge on any atom is -0.493 e. The average molecular weight is 408 g/mol. The highest BCUT2D eigenvalue weighted by atomic mass is 16.5. The molecule has 1 atom stereocenters. The number of carbonyl (C=O) groups excluding carboxylic acids is 2. The maximum absolute atomic E-state index is 12.2. The molecule has 0 radical (unpaired) electrons. The molecule has 0 aliphatic carbocycles. The fourth-order valence-electron chi connectivity index (χ4n) is 2.48. The summed E-state index contributed by atoms with van der Waals surface area (Å²) in [5.74, 6) is -0.00172. The molecule has 0 saturated carbocycles. The summed E-state index contributed by atoms with van der Waals surface area (Å²) in [5, 5.41) is 11.5. The largest absolute Gasteiger partial charge is 0.493 e. The van der Waals surface area contributed by atoms with Gasteiger partial charge in [-0.05, 0) is 62.7 Å². The first-order valence-electron chi connectivity index (χ1n) is 9.36. The van der Waals surface area contributed by atoms with E-state index in [4.69, 9.17) is 19.5 Å². The van der Waals surface area contributed by atoms with Crippen LogP contribution in [0.1, 0.15) is 31.9 Å². The van der Waals surface area contributed by atoms with Crippen molar-refractivity contribution in [1.29, 1.82) is 5.26 Å².